The summed E-state index contributed by atoms with van der Waals surface area (Å²) in [6, 6.07) is 7.11. The Morgan fingerprint density at radius 3 is 2.88 bits per heavy atom. The molecule has 1 atom stereocenters. The van der Waals surface area contributed by atoms with Gasteiger partial charge in [0.05, 0.1) is 16.9 Å². The lowest BCUT2D eigenvalue weighted by Gasteiger charge is -2.23. The van der Waals surface area contributed by atoms with E-state index in [4.69, 9.17) is 16.9 Å². The van der Waals surface area contributed by atoms with Crippen molar-refractivity contribution in [2.24, 2.45) is 0 Å². The van der Waals surface area contributed by atoms with Gasteiger partial charge in [0, 0.05) is 17.3 Å². The fraction of sp³-hybridized carbons (Fsp3) is 0.417. The molecule has 1 aromatic rings. The molecule has 0 aliphatic carbocycles. The Balaban J connectivity index is 2.75. The highest BCUT2D eigenvalue weighted by molar-refractivity contribution is 7.98. The number of hydrogen-bond acceptors (Lipinski definition) is 4. The molecule has 0 fully saturated rings. The van der Waals surface area contributed by atoms with Crippen molar-refractivity contribution in [2.75, 3.05) is 23.9 Å². The summed E-state index contributed by atoms with van der Waals surface area (Å²) < 4.78 is 0. The molecule has 92 valence electrons. The summed E-state index contributed by atoms with van der Waals surface area (Å²) in [7, 11) is 0. The second kappa shape index (κ2) is 6.15. The van der Waals surface area contributed by atoms with Crippen molar-refractivity contribution in [3.8, 4) is 6.07 Å². The van der Waals surface area contributed by atoms with Crippen LogP contribution in [0.2, 0.25) is 5.02 Å². The number of anilines is 1. The fourth-order valence-electron chi connectivity index (χ4n) is 1.41. The molecule has 3 nitrogen and oxygen atoms in total. The van der Waals surface area contributed by atoms with Gasteiger partial charge in [-0.05, 0) is 31.4 Å². The summed E-state index contributed by atoms with van der Waals surface area (Å²) in [6.45, 7) is 2.13. The summed E-state index contributed by atoms with van der Waals surface area (Å²) in [5, 5.41) is 22.6. The third-order valence-corrected chi connectivity index (χ3v) is 3.36. The molecule has 17 heavy (non-hydrogen) atoms. The molecule has 0 aromatic heterocycles. The molecule has 2 N–H and O–H groups in total. The van der Waals surface area contributed by atoms with Crippen LogP contribution in [-0.2, 0) is 0 Å². The molecule has 0 amide bonds. The molecule has 0 saturated carbocycles. The summed E-state index contributed by atoms with van der Waals surface area (Å²) >= 11 is 7.44. The zero-order chi connectivity index (χ0) is 12.9. The van der Waals surface area contributed by atoms with E-state index < -0.39 is 5.60 Å². The largest absolute Gasteiger partial charge is 0.387 e. The van der Waals surface area contributed by atoms with Gasteiger partial charge in [0.1, 0.15) is 6.07 Å². The second-order valence-corrected chi connectivity index (χ2v) is 5.39. The van der Waals surface area contributed by atoms with Gasteiger partial charge in [0.25, 0.3) is 0 Å². The Kier molecular flexibility index (Phi) is 5.13. The van der Waals surface area contributed by atoms with Gasteiger partial charge in [-0.3, -0.25) is 0 Å². The van der Waals surface area contributed by atoms with Crippen molar-refractivity contribution in [2.45, 2.75) is 12.5 Å². The van der Waals surface area contributed by atoms with E-state index >= 15 is 0 Å². The Hall–Kier alpha value is -0.890. The van der Waals surface area contributed by atoms with Crippen LogP contribution in [0, 0.1) is 11.3 Å². The Morgan fingerprint density at radius 2 is 2.29 bits per heavy atom. The predicted octanol–water partition coefficient (Wildman–Crippen LogP) is 2.74. The summed E-state index contributed by atoms with van der Waals surface area (Å²) in [5.74, 6) is 0.627. The van der Waals surface area contributed by atoms with Gasteiger partial charge in [-0.1, -0.05) is 11.6 Å². The first kappa shape index (κ1) is 14.2. The Labute approximate surface area is 111 Å². The van der Waals surface area contributed by atoms with Gasteiger partial charge in [-0.15, -0.1) is 0 Å². The number of halogens is 1. The number of nitrogens with one attached hydrogen (secondary N) is 1. The summed E-state index contributed by atoms with van der Waals surface area (Å²) in [4.78, 5) is 0. The molecule has 5 heteroatoms. The molecule has 0 aliphatic heterocycles. The number of hydrogen-bond donors (Lipinski definition) is 2. The smallest absolute Gasteiger partial charge is 0.101 e. The number of nitriles is 1. The van der Waals surface area contributed by atoms with E-state index in [1.807, 2.05) is 6.26 Å². The van der Waals surface area contributed by atoms with Crippen LogP contribution in [0.4, 0.5) is 5.69 Å². The zero-order valence-electron chi connectivity index (χ0n) is 9.83. The maximum absolute atomic E-state index is 10.0. The third kappa shape index (κ3) is 4.47. The van der Waals surface area contributed by atoms with Crippen molar-refractivity contribution in [1.29, 1.82) is 5.26 Å². The fourth-order valence-corrected chi connectivity index (χ4v) is 2.30. The SMILES string of the molecule is CSCC(C)(O)CNc1cc(Cl)ccc1C#N. The molecule has 1 aromatic carbocycles. The van der Waals surface area contributed by atoms with Gasteiger partial charge in [0.15, 0.2) is 0 Å². The molecule has 0 heterocycles. The van der Waals surface area contributed by atoms with Crippen molar-refractivity contribution in [3.63, 3.8) is 0 Å². The Bertz CT molecular complexity index is 429. The summed E-state index contributed by atoms with van der Waals surface area (Å²) in [6.07, 6.45) is 1.94. The van der Waals surface area contributed by atoms with Crippen molar-refractivity contribution >= 4 is 29.1 Å². The van der Waals surface area contributed by atoms with Crippen LogP contribution in [0.15, 0.2) is 18.2 Å². The van der Waals surface area contributed by atoms with Crippen LogP contribution in [0.25, 0.3) is 0 Å². The predicted molar refractivity (Wildman–Crippen MR) is 73.7 cm³/mol. The monoisotopic (exact) mass is 270 g/mol. The quantitative estimate of drug-likeness (QED) is 0.864. The first-order chi connectivity index (χ1) is 7.98. The van der Waals surface area contributed by atoms with Crippen LogP contribution in [0.1, 0.15) is 12.5 Å². The van der Waals surface area contributed by atoms with Gasteiger partial charge < -0.3 is 10.4 Å². The maximum Gasteiger partial charge on any atom is 0.101 e. The minimum Gasteiger partial charge on any atom is -0.387 e. The maximum atomic E-state index is 10.0. The van der Waals surface area contributed by atoms with E-state index in [0.717, 1.165) is 0 Å². The van der Waals surface area contributed by atoms with Gasteiger partial charge in [-0.2, -0.15) is 17.0 Å². The lowest BCUT2D eigenvalue weighted by atomic mass is 10.1. The van der Waals surface area contributed by atoms with E-state index in [9.17, 15) is 5.11 Å². The molecule has 1 unspecified atom stereocenters. The van der Waals surface area contributed by atoms with E-state index in [1.165, 1.54) is 0 Å². The highest BCUT2D eigenvalue weighted by atomic mass is 35.5. The first-order valence-electron chi connectivity index (χ1n) is 5.13. The average Bonchev–Trinajstić information content (AvgIpc) is 2.27. The number of aliphatic hydroxyl groups is 1. The molecule has 0 saturated heterocycles. The molecule has 0 spiro atoms. The standard InChI is InChI=1S/C12H15ClN2OS/c1-12(16,8-17-2)7-15-11-5-10(13)4-3-9(11)6-14/h3-5,15-16H,7-8H2,1-2H3. The number of benzene rings is 1. The van der Waals surface area contributed by atoms with Crippen molar-refractivity contribution in [1.82, 2.24) is 0 Å². The van der Waals surface area contributed by atoms with Crippen molar-refractivity contribution < 1.29 is 5.11 Å². The third-order valence-electron chi connectivity index (χ3n) is 2.22. The van der Waals surface area contributed by atoms with Crippen LogP contribution < -0.4 is 5.32 Å². The van der Waals surface area contributed by atoms with E-state index in [0.29, 0.717) is 28.6 Å². The van der Waals surface area contributed by atoms with E-state index in [-0.39, 0.29) is 0 Å². The average molecular weight is 271 g/mol. The molecule has 0 aliphatic rings. The highest BCUT2D eigenvalue weighted by Crippen LogP contribution is 2.21. The second-order valence-electron chi connectivity index (χ2n) is 4.09. The summed E-state index contributed by atoms with van der Waals surface area (Å²) in [5.41, 5.74) is 0.366. The number of rotatable bonds is 5. The number of nitrogens with zero attached hydrogens (tertiary/aromatic N) is 1. The molecule has 1 rings (SSSR count). The van der Waals surface area contributed by atoms with E-state index in [2.05, 4.69) is 11.4 Å². The Morgan fingerprint density at radius 1 is 1.59 bits per heavy atom. The van der Waals surface area contributed by atoms with Crippen LogP contribution in [0.3, 0.4) is 0 Å². The van der Waals surface area contributed by atoms with E-state index in [1.54, 1.807) is 36.9 Å². The molecular weight excluding hydrogens is 256 g/mol. The van der Waals surface area contributed by atoms with Gasteiger partial charge in [-0.25, -0.2) is 0 Å². The lowest BCUT2D eigenvalue weighted by Crippen LogP contribution is -2.36. The minimum absolute atomic E-state index is 0.378. The minimum atomic E-state index is -0.811. The normalized spacial score (nSPS) is 13.8. The lowest BCUT2D eigenvalue weighted by molar-refractivity contribution is 0.0997. The number of thioether (sulfide) groups is 1. The highest BCUT2D eigenvalue weighted by Gasteiger charge is 2.19. The van der Waals surface area contributed by atoms with Gasteiger partial charge >= 0.3 is 0 Å². The van der Waals surface area contributed by atoms with Crippen molar-refractivity contribution in [3.05, 3.63) is 28.8 Å². The van der Waals surface area contributed by atoms with Gasteiger partial charge in [0.2, 0.25) is 0 Å². The molecule has 0 radical (unpaired) electrons. The zero-order valence-corrected chi connectivity index (χ0v) is 11.4. The van der Waals surface area contributed by atoms with Crippen LogP contribution >= 0.6 is 23.4 Å². The molecular formula is C12H15ClN2OS. The topological polar surface area (TPSA) is 56.0 Å². The first-order valence-corrected chi connectivity index (χ1v) is 6.90. The van der Waals surface area contributed by atoms with Crippen LogP contribution in [0.5, 0.6) is 0 Å². The molecule has 0 bridgehead atoms. The van der Waals surface area contributed by atoms with Crippen LogP contribution in [-0.4, -0.2) is 29.3 Å².